The molecule has 108 valence electrons. The average Bonchev–Trinajstić information content (AvgIpc) is 3.20. The van der Waals surface area contributed by atoms with Crippen LogP contribution in [0.4, 0.5) is 10.5 Å². The van der Waals surface area contributed by atoms with E-state index in [2.05, 4.69) is 0 Å². The molecule has 0 aromatic heterocycles. The van der Waals surface area contributed by atoms with Crippen LogP contribution in [-0.2, 0) is 14.8 Å². The third-order valence-electron chi connectivity index (χ3n) is 2.72. The minimum Gasteiger partial charge on any atom is -0.449 e. The van der Waals surface area contributed by atoms with E-state index in [9.17, 15) is 23.3 Å². The van der Waals surface area contributed by atoms with E-state index in [1.165, 1.54) is 0 Å². The molecule has 1 aliphatic carbocycles. The van der Waals surface area contributed by atoms with Crippen molar-refractivity contribution in [3.8, 4) is 0 Å². The van der Waals surface area contributed by atoms with E-state index >= 15 is 0 Å². The average molecular weight is 300 g/mol. The van der Waals surface area contributed by atoms with E-state index < -0.39 is 21.0 Å². The molecular formula is C11H12N2O6S. The zero-order valence-electron chi connectivity index (χ0n) is 10.3. The maximum absolute atomic E-state index is 11.8. The van der Waals surface area contributed by atoms with Crippen molar-refractivity contribution in [1.29, 1.82) is 0 Å². The quantitative estimate of drug-likeness (QED) is 0.649. The topological polar surface area (TPSA) is 116 Å². The van der Waals surface area contributed by atoms with Crippen molar-refractivity contribution >= 4 is 21.8 Å². The van der Waals surface area contributed by atoms with Crippen LogP contribution in [0.25, 0.3) is 0 Å². The van der Waals surface area contributed by atoms with E-state index in [0.29, 0.717) is 5.92 Å². The number of nitro benzene ring substituents is 1. The van der Waals surface area contributed by atoms with Gasteiger partial charge in [-0.15, -0.1) is 0 Å². The summed E-state index contributed by atoms with van der Waals surface area (Å²) in [6.45, 7) is 0.196. The highest BCUT2D eigenvalue weighted by Crippen LogP contribution is 2.28. The number of benzene rings is 1. The number of nitro groups is 1. The molecule has 0 spiro atoms. The number of sulfonamides is 1. The maximum atomic E-state index is 11.8. The maximum Gasteiger partial charge on any atom is 0.421 e. The fourth-order valence-corrected chi connectivity index (χ4v) is 2.31. The molecule has 8 nitrogen and oxygen atoms in total. The van der Waals surface area contributed by atoms with Crippen LogP contribution in [0.1, 0.15) is 12.8 Å². The number of non-ortho nitro benzene ring substituents is 1. The zero-order valence-corrected chi connectivity index (χ0v) is 11.1. The Kier molecular flexibility index (Phi) is 3.89. The number of ether oxygens (including phenoxy) is 1. The van der Waals surface area contributed by atoms with E-state index in [0.717, 1.165) is 37.1 Å². The Bertz CT molecular complexity index is 621. The molecule has 1 N–H and O–H groups in total. The number of rotatable bonds is 5. The van der Waals surface area contributed by atoms with Gasteiger partial charge in [0.1, 0.15) is 0 Å². The first kappa shape index (κ1) is 14.3. The van der Waals surface area contributed by atoms with Crippen LogP contribution < -0.4 is 4.72 Å². The normalized spacial score (nSPS) is 14.6. The van der Waals surface area contributed by atoms with E-state index in [-0.39, 0.29) is 17.2 Å². The molecule has 1 aromatic carbocycles. The van der Waals surface area contributed by atoms with Crippen molar-refractivity contribution in [2.75, 3.05) is 6.61 Å². The van der Waals surface area contributed by atoms with Crippen LogP contribution in [0.15, 0.2) is 29.2 Å². The Balaban J connectivity index is 2.01. The first-order valence-electron chi connectivity index (χ1n) is 5.82. The molecule has 0 unspecified atom stereocenters. The minimum absolute atomic E-state index is 0.196. The van der Waals surface area contributed by atoms with Crippen LogP contribution >= 0.6 is 0 Å². The third kappa shape index (κ3) is 3.67. The van der Waals surface area contributed by atoms with Gasteiger partial charge in [-0.2, -0.15) is 0 Å². The van der Waals surface area contributed by atoms with E-state index in [4.69, 9.17) is 4.74 Å². The van der Waals surface area contributed by atoms with Crippen molar-refractivity contribution in [1.82, 2.24) is 4.72 Å². The van der Waals surface area contributed by atoms with Crippen molar-refractivity contribution in [2.24, 2.45) is 5.92 Å². The summed E-state index contributed by atoms with van der Waals surface area (Å²) in [7, 11) is -4.08. The predicted molar refractivity (Wildman–Crippen MR) is 67.5 cm³/mol. The minimum atomic E-state index is -4.08. The molecule has 1 aliphatic rings. The van der Waals surface area contributed by atoms with Crippen LogP contribution in [0.3, 0.4) is 0 Å². The lowest BCUT2D eigenvalue weighted by molar-refractivity contribution is -0.384. The Hall–Kier alpha value is -2.16. The van der Waals surface area contributed by atoms with Gasteiger partial charge in [-0.05, 0) is 30.9 Å². The lowest BCUT2D eigenvalue weighted by Crippen LogP contribution is -2.31. The molecule has 0 heterocycles. The highest BCUT2D eigenvalue weighted by atomic mass is 32.2. The van der Waals surface area contributed by atoms with Crippen LogP contribution in [0.2, 0.25) is 0 Å². The monoisotopic (exact) mass is 300 g/mol. The van der Waals surface area contributed by atoms with Gasteiger partial charge < -0.3 is 4.74 Å². The molecule has 20 heavy (non-hydrogen) atoms. The van der Waals surface area contributed by atoms with Crippen molar-refractivity contribution in [2.45, 2.75) is 17.7 Å². The number of carbonyl (C=O) groups is 1. The fraction of sp³-hybridized carbons (Fsp3) is 0.364. The van der Waals surface area contributed by atoms with Gasteiger partial charge in [0.2, 0.25) is 0 Å². The van der Waals surface area contributed by atoms with Crippen LogP contribution in [-0.4, -0.2) is 26.0 Å². The van der Waals surface area contributed by atoms with Crippen LogP contribution in [0.5, 0.6) is 0 Å². The van der Waals surface area contributed by atoms with Crippen molar-refractivity contribution in [3.05, 3.63) is 34.4 Å². The predicted octanol–water partition coefficient (Wildman–Crippen LogP) is 1.42. The van der Waals surface area contributed by atoms with Gasteiger partial charge in [0, 0.05) is 12.1 Å². The second kappa shape index (κ2) is 5.45. The fourth-order valence-electron chi connectivity index (χ4n) is 1.42. The SMILES string of the molecule is O=C(NS(=O)(=O)c1ccc([N+](=O)[O-])cc1)OCC1CC1. The Morgan fingerprint density at radius 1 is 1.35 bits per heavy atom. The first-order valence-corrected chi connectivity index (χ1v) is 7.31. The number of amides is 1. The second-order valence-corrected chi connectivity index (χ2v) is 6.08. The largest absolute Gasteiger partial charge is 0.449 e. The van der Waals surface area contributed by atoms with E-state index in [1.807, 2.05) is 0 Å². The summed E-state index contributed by atoms with van der Waals surface area (Å²) in [5.41, 5.74) is -0.236. The summed E-state index contributed by atoms with van der Waals surface area (Å²) in [5, 5.41) is 10.5. The molecule has 0 saturated heterocycles. The molecule has 0 radical (unpaired) electrons. The van der Waals surface area contributed by atoms with Gasteiger partial charge in [0.15, 0.2) is 0 Å². The molecule has 1 fully saturated rings. The van der Waals surface area contributed by atoms with E-state index in [1.54, 1.807) is 4.72 Å². The van der Waals surface area contributed by atoms with Crippen LogP contribution in [0, 0.1) is 16.0 Å². The van der Waals surface area contributed by atoms with Gasteiger partial charge >= 0.3 is 6.09 Å². The lowest BCUT2D eigenvalue weighted by atomic mass is 10.3. The first-order chi connectivity index (χ1) is 9.38. The number of nitrogens with one attached hydrogen (secondary N) is 1. The van der Waals surface area contributed by atoms with Crippen molar-refractivity contribution in [3.63, 3.8) is 0 Å². The smallest absolute Gasteiger partial charge is 0.421 e. The highest BCUT2D eigenvalue weighted by molar-refractivity contribution is 7.90. The highest BCUT2D eigenvalue weighted by Gasteiger charge is 2.25. The standard InChI is InChI=1S/C11H12N2O6S/c14-11(19-7-8-1-2-8)12-20(17,18)10-5-3-9(4-6-10)13(15)16/h3-6,8H,1-2,7H2,(H,12,14). The molecule has 0 bridgehead atoms. The molecule has 1 saturated carbocycles. The third-order valence-corrected chi connectivity index (χ3v) is 4.05. The zero-order chi connectivity index (χ0) is 14.8. The lowest BCUT2D eigenvalue weighted by Gasteiger charge is -2.07. The summed E-state index contributed by atoms with van der Waals surface area (Å²) < 4.78 is 30.1. The van der Waals surface area contributed by atoms with Crippen molar-refractivity contribution < 1.29 is 22.9 Å². The Labute approximate surface area is 114 Å². The van der Waals surface area contributed by atoms with Gasteiger partial charge in [-0.25, -0.2) is 17.9 Å². The number of nitrogens with zero attached hydrogens (tertiary/aromatic N) is 1. The molecule has 1 aromatic rings. The molecular weight excluding hydrogens is 288 g/mol. The Morgan fingerprint density at radius 3 is 2.45 bits per heavy atom. The summed E-state index contributed by atoms with van der Waals surface area (Å²) in [5.74, 6) is 0.322. The molecule has 9 heteroatoms. The Morgan fingerprint density at radius 2 is 1.95 bits per heavy atom. The number of carbonyl (C=O) groups excluding carboxylic acids is 1. The van der Waals surface area contributed by atoms with Gasteiger partial charge in [-0.3, -0.25) is 10.1 Å². The molecule has 1 amide bonds. The van der Waals surface area contributed by atoms with Gasteiger partial charge in [0.25, 0.3) is 15.7 Å². The van der Waals surface area contributed by atoms with Gasteiger partial charge in [-0.1, -0.05) is 0 Å². The van der Waals surface area contributed by atoms with Gasteiger partial charge in [0.05, 0.1) is 16.4 Å². The molecule has 2 rings (SSSR count). The molecule has 0 aliphatic heterocycles. The second-order valence-electron chi connectivity index (χ2n) is 4.40. The molecule has 0 atom stereocenters. The summed E-state index contributed by atoms with van der Waals surface area (Å²) in [4.78, 5) is 20.9. The summed E-state index contributed by atoms with van der Waals surface area (Å²) in [6, 6.07) is 4.19. The summed E-state index contributed by atoms with van der Waals surface area (Å²) >= 11 is 0. The summed E-state index contributed by atoms with van der Waals surface area (Å²) in [6.07, 6.45) is 0.903. The number of hydrogen-bond donors (Lipinski definition) is 1. The number of hydrogen-bond acceptors (Lipinski definition) is 6.